The average molecular weight is 320 g/mol. The first kappa shape index (κ1) is 14.6. The molecule has 19 heavy (non-hydrogen) atoms. The van der Waals surface area contributed by atoms with E-state index in [4.69, 9.17) is 34.8 Å². The van der Waals surface area contributed by atoms with Gasteiger partial charge in [-0.1, -0.05) is 46.9 Å². The molecule has 1 atom stereocenters. The van der Waals surface area contributed by atoms with Gasteiger partial charge in [-0.2, -0.15) is 0 Å². The van der Waals surface area contributed by atoms with Crippen molar-refractivity contribution in [2.45, 2.75) is 12.5 Å². The van der Waals surface area contributed by atoms with Crippen molar-refractivity contribution in [2.75, 3.05) is 0 Å². The van der Waals surface area contributed by atoms with Crippen molar-refractivity contribution in [1.82, 2.24) is 0 Å². The van der Waals surface area contributed by atoms with Crippen LogP contribution in [0.5, 0.6) is 0 Å². The molecule has 0 bridgehead atoms. The maximum absolute atomic E-state index is 13.7. The van der Waals surface area contributed by atoms with Crippen LogP contribution in [0.2, 0.25) is 15.1 Å². The highest BCUT2D eigenvalue weighted by molar-refractivity contribution is 6.42. The van der Waals surface area contributed by atoms with Crippen LogP contribution in [-0.4, -0.2) is 5.11 Å². The van der Waals surface area contributed by atoms with Gasteiger partial charge in [-0.25, -0.2) is 4.39 Å². The van der Waals surface area contributed by atoms with E-state index in [0.29, 0.717) is 10.0 Å². The first-order valence-electron chi connectivity index (χ1n) is 5.55. The molecular formula is C14H10Cl3FO. The molecule has 2 aromatic rings. The van der Waals surface area contributed by atoms with Gasteiger partial charge in [0.05, 0.1) is 16.1 Å². The number of hydrogen-bond acceptors (Lipinski definition) is 1. The lowest BCUT2D eigenvalue weighted by atomic mass is 10.0. The average Bonchev–Trinajstić information content (AvgIpc) is 2.33. The van der Waals surface area contributed by atoms with E-state index in [-0.39, 0.29) is 17.0 Å². The minimum Gasteiger partial charge on any atom is -0.388 e. The van der Waals surface area contributed by atoms with Crippen LogP contribution in [0.3, 0.4) is 0 Å². The molecule has 0 radical (unpaired) electrons. The lowest BCUT2D eigenvalue weighted by Gasteiger charge is -2.14. The summed E-state index contributed by atoms with van der Waals surface area (Å²) in [4.78, 5) is 0. The third kappa shape index (κ3) is 3.40. The van der Waals surface area contributed by atoms with Crippen LogP contribution >= 0.6 is 34.8 Å². The smallest absolute Gasteiger partial charge is 0.130 e. The van der Waals surface area contributed by atoms with Crippen LogP contribution in [0, 0.1) is 5.82 Å². The summed E-state index contributed by atoms with van der Waals surface area (Å²) in [6.45, 7) is 0. The molecule has 1 unspecified atom stereocenters. The summed E-state index contributed by atoms with van der Waals surface area (Å²) in [5, 5.41) is 11.1. The summed E-state index contributed by atoms with van der Waals surface area (Å²) in [5.41, 5.74) is 0.844. The van der Waals surface area contributed by atoms with E-state index >= 15 is 0 Å². The quantitative estimate of drug-likeness (QED) is 0.838. The summed E-state index contributed by atoms with van der Waals surface area (Å²) in [5.74, 6) is -0.528. The van der Waals surface area contributed by atoms with Gasteiger partial charge in [0.25, 0.3) is 0 Å². The Hall–Kier alpha value is -0.800. The highest BCUT2D eigenvalue weighted by Crippen LogP contribution is 2.30. The summed E-state index contributed by atoms with van der Waals surface area (Å²) >= 11 is 17.6. The topological polar surface area (TPSA) is 20.2 Å². The predicted octanol–water partition coefficient (Wildman–Crippen LogP) is 5.06. The second-order valence-electron chi connectivity index (χ2n) is 4.10. The van der Waals surface area contributed by atoms with Crippen LogP contribution in [0.1, 0.15) is 17.2 Å². The van der Waals surface area contributed by atoms with Crippen molar-refractivity contribution in [1.29, 1.82) is 0 Å². The van der Waals surface area contributed by atoms with Crippen molar-refractivity contribution in [3.63, 3.8) is 0 Å². The zero-order chi connectivity index (χ0) is 14.0. The van der Waals surface area contributed by atoms with Gasteiger partial charge in [-0.15, -0.1) is 0 Å². The number of aliphatic hydroxyl groups is 1. The van der Waals surface area contributed by atoms with Crippen molar-refractivity contribution >= 4 is 34.8 Å². The molecule has 0 saturated carbocycles. The Labute approximate surface area is 125 Å². The monoisotopic (exact) mass is 318 g/mol. The van der Waals surface area contributed by atoms with Crippen molar-refractivity contribution in [2.24, 2.45) is 0 Å². The molecule has 0 aromatic heterocycles. The highest BCUT2D eigenvalue weighted by Gasteiger charge is 2.17. The number of benzene rings is 2. The number of hydrogen-bond donors (Lipinski definition) is 1. The number of rotatable bonds is 3. The molecule has 0 saturated heterocycles. The van der Waals surface area contributed by atoms with Crippen LogP contribution in [0.25, 0.3) is 0 Å². The first-order valence-corrected chi connectivity index (χ1v) is 6.68. The molecule has 100 valence electrons. The van der Waals surface area contributed by atoms with E-state index < -0.39 is 11.9 Å². The second-order valence-corrected chi connectivity index (χ2v) is 5.33. The van der Waals surface area contributed by atoms with Gasteiger partial charge in [0.1, 0.15) is 5.82 Å². The van der Waals surface area contributed by atoms with Crippen molar-refractivity contribution in [3.05, 3.63) is 68.4 Å². The van der Waals surface area contributed by atoms with E-state index in [0.717, 1.165) is 5.56 Å². The van der Waals surface area contributed by atoms with Gasteiger partial charge in [0.15, 0.2) is 0 Å². The fourth-order valence-electron chi connectivity index (χ4n) is 1.82. The van der Waals surface area contributed by atoms with Crippen LogP contribution in [-0.2, 0) is 6.42 Å². The standard InChI is InChI=1S/C14H10Cl3FO/c15-9-5-4-8(6-11(9)17)7-13(19)14-10(16)2-1-3-12(14)18/h1-6,13,19H,7H2. The van der Waals surface area contributed by atoms with E-state index in [1.165, 1.54) is 18.2 Å². The third-order valence-electron chi connectivity index (χ3n) is 2.75. The minimum absolute atomic E-state index is 0.0928. The molecule has 0 heterocycles. The van der Waals surface area contributed by atoms with Gasteiger partial charge in [-0.05, 0) is 29.8 Å². The Kier molecular flexibility index (Phi) is 4.69. The summed E-state index contributed by atoms with van der Waals surface area (Å²) in [6.07, 6.45) is -0.830. The minimum atomic E-state index is -1.04. The summed E-state index contributed by atoms with van der Waals surface area (Å²) < 4.78 is 13.7. The zero-order valence-electron chi connectivity index (χ0n) is 9.71. The summed E-state index contributed by atoms with van der Waals surface area (Å²) in [6, 6.07) is 9.30. The predicted molar refractivity (Wildman–Crippen MR) is 76.5 cm³/mol. The molecule has 0 spiro atoms. The third-order valence-corrected chi connectivity index (χ3v) is 3.81. The molecule has 0 aliphatic rings. The highest BCUT2D eigenvalue weighted by atomic mass is 35.5. The fourth-order valence-corrected chi connectivity index (χ4v) is 2.43. The molecule has 0 fully saturated rings. The van der Waals surface area contributed by atoms with Gasteiger partial charge >= 0.3 is 0 Å². The van der Waals surface area contributed by atoms with E-state index in [2.05, 4.69) is 0 Å². The van der Waals surface area contributed by atoms with Crippen molar-refractivity contribution in [3.8, 4) is 0 Å². The SMILES string of the molecule is OC(Cc1ccc(Cl)c(Cl)c1)c1c(F)cccc1Cl. The van der Waals surface area contributed by atoms with E-state index in [1.807, 2.05) is 0 Å². The molecule has 0 aliphatic carbocycles. The normalized spacial score (nSPS) is 12.5. The van der Waals surface area contributed by atoms with Gasteiger partial charge in [-0.3, -0.25) is 0 Å². The Bertz CT molecular complexity index is 581. The molecule has 0 amide bonds. The van der Waals surface area contributed by atoms with Crippen molar-refractivity contribution < 1.29 is 9.50 Å². The molecule has 2 rings (SSSR count). The zero-order valence-corrected chi connectivity index (χ0v) is 12.0. The lowest BCUT2D eigenvalue weighted by molar-refractivity contribution is 0.174. The van der Waals surface area contributed by atoms with Gasteiger partial charge in [0, 0.05) is 17.0 Å². The number of halogens is 4. The maximum Gasteiger partial charge on any atom is 0.130 e. The molecular weight excluding hydrogens is 310 g/mol. The maximum atomic E-state index is 13.7. The fraction of sp³-hybridized carbons (Fsp3) is 0.143. The van der Waals surface area contributed by atoms with Gasteiger partial charge < -0.3 is 5.11 Å². The largest absolute Gasteiger partial charge is 0.388 e. The van der Waals surface area contributed by atoms with Crippen LogP contribution in [0.4, 0.5) is 4.39 Å². The lowest BCUT2D eigenvalue weighted by Crippen LogP contribution is -2.05. The Balaban J connectivity index is 2.25. The van der Waals surface area contributed by atoms with E-state index in [9.17, 15) is 9.50 Å². The van der Waals surface area contributed by atoms with E-state index in [1.54, 1.807) is 18.2 Å². The molecule has 5 heteroatoms. The Morgan fingerprint density at radius 3 is 2.37 bits per heavy atom. The second kappa shape index (κ2) is 6.10. The Morgan fingerprint density at radius 2 is 1.74 bits per heavy atom. The van der Waals surface area contributed by atoms with Crippen LogP contribution < -0.4 is 0 Å². The molecule has 2 aromatic carbocycles. The number of aliphatic hydroxyl groups excluding tert-OH is 1. The molecule has 1 N–H and O–H groups in total. The Morgan fingerprint density at radius 1 is 1.00 bits per heavy atom. The summed E-state index contributed by atoms with van der Waals surface area (Å²) in [7, 11) is 0. The molecule has 0 aliphatic heterocycles. The molecule has 1 nitrogen and oxygen atoms in total. The van der Waals surface area contributed by atoms with Crippen LogP contribution in [0.15, 0.2) is 36.4 Å². The first-order chi connectivity index (χ1) is 8.99. The van der Waals surface area contributed by atoms with Gasteiger partial charge in [0.2, 0.25) is 0 Å².